The van der Waals surface area contributed by atoms with Gasteiger partial charge in [-0.25, -0.2) is 0 Å². The zero-order valence-corrected chi connectivity index (χ0v) is 14.9. The average molecular weight is 321 g/mol. The van der Waals surface area contributed by atoms with Gasteiger partial charge in [-0.05, 0) is 50.6 Å². The fourth-order valence-electron chi connectivity index (χ4n) is 2.07. The van der Waals surface area contributed by atoms with Gasteiger partial charge >= 0.3 is 0 Å². The van der Waals surface area contributed by atoms with Crippen molar-refractivity contribution in [2.45, 2.75) is 33.1 Å². The van der Waals surface area contributed by atoms with Crippen LogP contribution in [-0.4, -0.2) is 44.6 Å². The lowest BCUT2D eigenvalue weighted by molar-refractivity contribution is -0.121. The van der Waals surface area contributed by atoms with Crippen LogP contribution in [0.1, 0.15) is 32.3 Å². The summed E-state index contributed by atoms with van der Waals surface area (Å²) in [5.41, 5.74) is 7.70. The summed E-state index contributed by atoms with van der Waals surface area (Å²) in [5.74, 6) is 1.41. The molecule has 0 spiro atoms. The maximum atomic E-state index is 11.8. The third-order valence-electron chi connectivity index (χ3n) is 3.55. The van der Waals surface area contributed by atoms with Crippen molar-refractivity contribution in [1.29, 1.82) is 0 Å². The van der Waals surface area contributed by atoms with Gasteiger partial charge in [-0.2, -0.15) is 0 Å². The summed E-state index contributed by atoms with van der Waals surface area (Å²) in [7, 11) is 4.00. The molecule has 0 saturated carbocycles. The molecule has 0 aliphatic heterocycles. The number of hydrogen-bond donors (Lipinski definition) is 2. The Morgan fingerprint density at radius 1 is 1.35 bits per heavy atom. The molecular weight excluding hydrogens is 290 g/mol. The van der Waals surface area contributed by atoms with E-state index in [0.29, 0.717) is 36.8 Å². The Labute approximate surface area is 140 Å². The van der Waals surface area contributed by atoms with E-state index in [1.54, 1.807) is 0 Å². The van der Waals surface area contributed by atoms with E-state index < -0.39 is 0 Å². The quantitative estimate of drug-likeness (QED) is 0.649. The maximum absolute atomic E-state index is 11.8. The van der Waals surface area contributed by atoms with Gasteiger partial charge in [0.05, 0.1) is 5.69 Å². The van der Waals surface area contributed by atoms with Crippen LogP contribution in [0, 0.1) is 5.92 Å². The van der Waals surface area contributed by atoms with Crippen LogP contribution in [0.5, 0.6) is 5.75 Å². The normalized spacial score (nSPS) is 11.0. The Morgan fingerprint density at radius 2 is 2.09 bits per heavy atom. The van der Waals surface area contributed by atoms with Crippen LogP contribution < -0.4 is 15.8 Å². The van der Waals surface area contributed by atoms with Gasteiger partial charge < -0.3 is 20.7 Å². The molecule has 0 radical (unpaired) electrons. The van der Waals surface area contributed by atoms with Crippen LogP contribution in [0.2, 0.25) is 0 Å². The number of aryl methyl sites for hydroxylation is 1. The Hall–Kier alpha value is -1.75. The molecule has 5 nitrogen and oxygen atoms in total. The van der Waals surface area contributed by atoms with E-state index in [2.05, 4.69) is 24.1 Å². The van der Waals surface area contributed by atoms with Gasteiger partial charge in [-0.3, -0.25) is 4.79 Å². The SMILES string of the molecule is CC(C)CCNC(=O)CCc1ccc(OCCN(C)C)c(N)c1. The molecule has 130 valence electrons. The number of amides is 1. The number of carbonyl (C=O) groups excluding carboxylic acids is 1. The summed E-state index contributed by atoms with van der Waals surface area (Å²) >= 11 is 0. The molecular formula is C18H31N3O2. The topological polar surface area (TPSA) is 67.6 Å². The van der Waals surface area contributed by atoms with Crippen molar-refractivity contribution >= 4 is 11.6 Å². The summed E-state index contributed by atoms with van der Waals surface area (Å²) < 4.78 is 5.66. The first-order valence-electron chi connectivity index (χ1n) is 8.31. The van der Waals surface area contributed by atoms with E-state index in [1.165, 1.54) is 0 Å². The van der Waals surface area contributed by atoms with Gasteiger partial charge in [0.1, 0.15) is 12.4 Å². The number of rotatable bonds is 10. The van der Waals surface area contributed by atoms with Crippen molar-refractivity contribution in [3.63, 3.8) is 0 Å². The number of nitrogens with one attached hydrogen (secondary N) is 1. The third kappa shape index (κ3) is 8.45. The molecule has 5 heteroatoms. The highest BCUT2D eigenvalue weighted by Gasteiger charge is 2.06. The van der Waals surface area contributed by atoms with E-state index in [1.807, 2.05) is 32.3 Å². The van der Waals surface area contributed by atoms with Gasteiger partial charge in [0.15, 0.2) is 0 Å². The molecule has 23 heavy (non-hydrogen) atoms. The third-order valence-corrected chi connectivity index (χ3v) is 3.55. The minimum Gasteiger partial charge on any atom is -0.490 e. The first-order chi connectivity index (χ1) is 10.9. The average Bonchev–Trinajstić information content (AvgIpc) is 2.46. The zero-order chi connectivity index (χ0) is 17.2. The highest BCUT2D eigenvalue weighted by atomic mass is 16.5. The lowest BCUT2D eigenvalue weighted by Crippen LogP contribution is -2.25. The smallest absolute Gasteiger partial charge is 0.220 e. The van der Waals surface area contributed by atoms with Crippen LogP contribution in [0.3, 0.4) is 0 Å². The van der Waals surface area contributed by atoms with Crippen molar-refractivity contribution in [1.82, 2.24) is 10.2 Å². The number of nitrogens with two attached hydrogens (primary N) is 1. The molecule has 0 bridgehead atoms. The first-order valence-corrected chi connectivity index (χ1v) is 8.31. The number of nitrogen functional groups attached to an aromatic ring is 1. The number of carbonyl (C=O) groups is 1. The van der Waals surface area contributed by atoms with E-state index in [-0.39, 0.29) is 5.91 Å². The number of ether oxygens (including phenoxy) is 1. The van der Waals surface area contributed by atoms with E-state index in [4.69, 9.17) is 10.5 Å². The van der Waals surface area contributed by atoms with Gasteiger partial charge in [0, 0.05) is 19.5 Å². The summed E-state index contributed by atoms with van der Waals surface area (Å²) in [6, 6.07) is 5.76. The fraction of sp³-hybridized carbons (Fsp3) is 0.611. The maximum Gasteiger partial charge on any atom is 0.220 e. The van der Waals surface area contributed by atoms with Crippen LogP contribution >= 0.6 is 0 Å². The van der Waals surface area contributed by atoms with E-state index in [0.717, 1.165) is 25.1 Å². The Balaban J connectivity index is 2.37. The minimum absolute atomic E-state index is 0.0931. The van der Waals surface area contributed by atoms with Crippen molar-refractivity contribution in [2.24, 2.45) is 5.92 Å². The molecule has 1 amide bonds. The summed E-state index contributed by atoms with van der Waals surface area (Å²) in [5, 5.41) is 2.95. The fourth-order valence-corrected chi connectivity index (χ4v) is 2.07. The molecule has 0 aliphatic rings. The molecule has 0 saturated heterocycles. The number of nitrogens with zero attached hydrogens (tertiary/aromatic N) is 1. The number of hydrogen-bond acceptors (Lipinski definition) is 4. The van der Waals surface area contributed by atoms with Crippen LogP contribution in [0.25, 0.3) is 0 Å². The lowest BCUT2D eigenvalue weighted by Gasteiger charge is -2.13. The molecule has 1 aromatic rings. The molecule has 0 aromatic heterocycles. The Kier molecular flexibility index (Phi) is 8.48. The second-order valence-corrected chi connectivity index (χ2v) is 6.56. The second-order valence-electron chi connectivity index (χ2n) is 6.56. The molecule has 0 heterocycles. The van der Waals surface area contributed by atoms with Gasteiger partial charge in [0.25, 0.3) is 0 Å². The zero-order valence-electron chi connectivity index (χ0n) is 14.9. The van der Waals surface area contributed by atoms with Crippen molar-refractivity contribution in [2.75, 3.05) is 39.5 Å². The molecule has 1 aromatic carbocycles. The summed E-state index contributed by atoms with van der Waals surface area (Å²) in [4.78, 5) is 13.8. The predicted octanol–water partition coefficient (Wildman–Crippen LogP) is 2.30. The largest absolute Gasteiger partial charge is 0.490 e. The Bertz CT molecular complexity index is 487. The number of benzene rings is 1. The molecule has 3 N–H and O–H groups in total. The molecule has 1 rings (SSSR count). The lowest BCUT2D eigenvalue weighted by atomic mass is 10.1. The highest BCUT2D eigenvalue weighted by Crippen LogP contribution is 2.23. The predicted molar refractivity (Wildman–Crippen MR) is 95.7 cm³/mol. The summed E-state index contributed by atoms with van der Waals surface area (Å²) in [6.07, 6.45) is 2.19. The van der Waals surface area contributed by atoms with Gasteiger partial charge in [-0.15, -0.1) is 0 Å². The van der Waals surface area contributed by atoms with Gasteiger partial charge in [0.2, 0.25) is 5.91 Å². The minimum atomic E-state index is 0.0931. The molecule has 0 aliphatic carbocycles. The Morgan fingerprint density at radius 3 is 2.70 bits per heavy atom. The number of likely N-dealkylation sites (N-methyl/N-ethyl adjacent to an activating group) is 1. The number of anilines is 1. The van der Waals surface area contributed by atoms with E-state index in [9.17, 15) is 4.79 Å². The second kappa shape index (κ2) is 10.1. The van der Waals surface area contributed by atoms with Crippen molar-refractivity contribution in [3.8, 4) is 5.75 Å². The van der Waals surface area contributed by atoms with Crippen LogP contribution in [0.15, 0.2) is 18.2 Å². The molecule has 0 unspecified atom stereocenters. The van der Waals surface area contributed by atoms with Crippen LogP contribution in [0.4, 0.5) is 5.69 Å². The highest BCUT2D eigenvalue weighted by molar-refractivity contribution is 5.76. The first kappa shape index (κ1) is 19.3. The molecule has 0 fully saturated rings. The monoisotopic (exact) mass is 321 g/mol. The van der Waals surface area contributed by atoms with Gasteiger partial charge in [-0.1, -0.05) is 19.9 Å². The molecule has 0 atom stereocenters. The van der Waals surface area contributed by atoms with Crippen molar-refractivity contribution < 1.29 is 9.53 Å². The van der Waals surface area contributed by atoms with Crippen LogP contribution in [-0.2, 0) is 11.2 Å². The standard InChI is InChI=1S/C18H31N3O2/c1-14(2)9-10-20-18(22)8-6-15-5-7-17(16(19)13-15)23-12-11-21(3)4/h5,7,13-14H,6,8-12,19H2,1-4H3,(H,20,22). The van der Waals surface area contributed by atoms with E-state index >= 15 is 0 Å². The van der Waals surface area contributed by atoms with Crippen molar-refractivity contribution in [3.05, 3.63) is 23.8 Å². The summed E-state index contributed by atoms with van der Waals surface area (Å²) in [6.45, 7) is 6.50.